The lowest BCUT2D eigenvalue weighted by molar-refractivity contribution is -0.135. The van der Waals surface area contributed by atoms with Crippen molar-refractivity contribution in [2.24, 2.45) is 5.92 Å². The van der Waals surface area contributed by atoms with Crippen LogP contribution in [-0.4, -0.2) is 43.7 Å². The Morgan fingerprint density at radius 3 is 2.21 bits per heavy atom. The van der Waals surface area contributed by atoms with Crippen LogP contribution in [0.3, 0.4) is 0 Å². The molecular weight excluding hydrogens is 372 g/mol. The Morgan fingerprint density at radius 2 is 1.61 bits per heavy atom. The van der Waals surface area contributed by atoms with E-state index in [0.717, 1.165) is 11.1 Å². The number of hydrogen-bond acceptors (Lipinski definition) is 3. The molecule has 0 saturated carbocycles. The van der Waals surface area contributed by atoms with Crippen molar-refractivity contribution >= 4 is 15.9 Å². The van der Waals surface area contributed by atoms with Crippen LogP contribution < -0.4 is 0 Å². The lowest BCUT2D eigenvalue weighted by Crippen LogP contribution is -2.43. The van der Waals surface area contributed by atoms with E-state index in [1.54, 1.807) is 4.90 Å². The Bertz CT molecular complexity index is 887. The van der Waals surface area contributed by atoms with Gasteiger partial charge in [-0.1, -0.05) is 60.2 Å². The van der Waals surface area contributed by atoms with Crippen LogP contribution in [0.15, 0.2) is 54.6 Å². The number of hydrogen-bond donors (Lipinski definition) is 0. The van der Waals surface area contributed by atoms with Crippen molar-refractivity contribution in [1.82, 2.24) is 9.21 Å². The number of aryl methyl sites for hydroxylation is 1. The highest BCUT2D eigenvalue weighted by Gasteiger charge is 2.32. The van der Waals surface area contributed by atoms with Gasteiger partial charge in [-0.25, -0.2) is 12.7 Å². The van der Waals surface area contributed by atoms with Crippen molar-refractivity contribution in [2.45, 2.75) is 32.1 Å². The van der Waals surface area contributed by atoms with Crippen LogP contribution in [0.1, 0.15) is 29.5 Å². The van der Waals surface area contributed by atoms with Crippen LogP contribution >= 0.6 is 0 Å². The van der Waals surface area contributed by atoms with E-state index >= 15 is 0 Å². The molecule has 0 aromatic heterocycles. The summed E-state index contributed by atoms with van der Waals surface area (Å²) < 4.78 is 26.9. The zero-order valence-corrected chi connectivity index (χ0v) is 17.4. The largest absolute Gasteiger partial charge is 0.341 e. The van der Waals surface area contributed by atoms with Gasteiger partial charge in [0.2, 0.25) is 15.9 Å². The van der Waals surface area contributed by atoms with E-state index in [1.807, 2.05) is 68.6 Å². The average molecular weight is 401 g/mol. The summed E-state index contributed by atoms with van der Waals surface area (Å²) in [7, 11) is -1.53. The summed E-state index contributed by atoms with van der Waals surface area (Å²) in [4.78, 5) is 14.5. The first kappa shape index (κ1) is 20.6. The monoisotopic (exact) mass is 400 g/mol. The third-order valence-corrected chi connectivity index (χ3v) is 7.16. The van der Waals surface area contributed by atoms with Gasteiger partial charge < -0.3 is 4.90 Å². The van der Waals surface area contributed by atoms with Crippen molar-refractivity contribution in [2.75, 3.05) is 20.1 Å². The zero-order valence-electron chi connectivity index (χ0n) is 16.5. The number of carbonyl (C=O) groups is 1. The summed E-state index contributed by atoms with van der Waals surface area (Å²) in [6.45, 7) is 3.43. The Balaban J connectivity index is 1.54. The molecule has 150 valence electrons. The van der Waals surface area contributed by atoms with Crippen molar-refractivity contribution in [3.05, 3.63) is 71.3 Å². The number of benzene rings is 2. The number of sulfonamides is 1. The Labute approximate surface area is 168 Å². The fourth-order valence-corrected chi connectivity index (χ4v) is 5.18. The molecule has 0 N–H and O–H groups in total. The van der Waals surface area contributed by atoms with Crippen molar-refractivity contribution in [1.29, 1.82) is 0 Å². The van der Waals surface area contributed by atoms with Gasteiger partial charge in [0, 0.05) is 32.6 Å². The first-order chi connectivity index (χ1) is 13.3. The Hall–Kier alpha value is -2.18. The first-order valence-corrected chi connectivity index (χ1v) is 11.3. The zero-order chi connectivity index (χ0) is 20.1. The molecule has 6 heteroatoms. The quantitative estimate of drug-likeness (QED) is 0.748. The minimum absolute atomic E-state index is 0.0137. The highest BCUT2D eigenvalue weighted by molar-refractivity contribution is 7.88. The van der Waals surface area contributed by atoms with E-state index in [2.05, 4.69) is 0 Å². The molecule has 1 saturated heterocycles. The molecule has 0 unspecified atom stereocenters. The molecule has 0 aliphatic carbocycles. The fourth-order valence-electron chi connectivity index (χ4n) is 3.61. The van der Waals surface area contributed by atoms with Gasteiger partial charge in [-0.2, -0.15) is 0 Å². The number of rotatable bonds is 6. The lowest BCUT2D eigenvalue weighted by atomic mass is 9.96. The second-order valence-corrected chi connectivity index (χ2v) is 9.56. The first-order valence-electron chi connectivity index (χ1n) is 9.67. The second-order valence-electron chi connectivity index (χ2n) is 7.60. The molecule has 0 atom stereocenters. The maximum absolute atomic E-state index is 12.8. The van der Waals surface area contributed by atoms with Gasteiger partial charge in [-0.3, -0.25) is 4.79 Å². The normalized spacial score (nSPS) is 16.1. The molecule has 1 fully saturated rings. The maximum atomic E-state index is 12.8. The van der Waals surface area contributed by atoms with Crippen molar-refractivity contribution in [3.8, 4) is 0 Å². The maximum Gasteiger partial charge on any atom is 0.225 e. The number of nitrogens with zero attached hydrogens (tertiary/aromatic N) is 2. The fraction of sp³-hybridized carbons (Fsp3) is 0.409. The smallest absolute Gasteiger partial charge is 0.225 e. The summed E-state index contributed by atoms with van der Waals surface area (Å²) in [6, 6.07) is 17.4. The molecule has 1 aliphatic heterocycles. The summed E-state index contributed by atoms with van der Waals surface area (Å²) >= 11 is 0. The third-order valence-electron chi connectivity index (χ3n) is 5.31. The van der Waals surface area contributed by atoms with E-state index in [-0.39, 0.29) is 17.6 Å². The van der Waals surface area contributed by atoms with E-state index in [1.165, 1.54) is 9.87 Å². The molecule has 3 rings (SSSR count). The summed E-state index contributed by atoms with van der Waals surface area (Å²) in [5.41, 5.74) is 3.09. The van der Waals surface area contributed by atoms with E-state index in [9.17, 15) is 13.2 Å². The molecule has 5 nitrogen and oxygen atoms in total. The molecule has 2 aromatic rings. The number of piperidine rings is 1. The summed E-state index contributed by atoms with van der Waals surface area (Å²) in [5.74, 6) is -0.000861. The highest BCUT2D eigenvalue weighted by atomic mass is 32.2. The van der Waals surface area contributed by atoms with Gasteiger partial charge in [-0.05, 0) is 30.9 Å². The molecule has 1 heterocycles. The molecule has 28 heavy (non-hydrogen) atoms. The van der Waals surface area contributed by atoms with Crippen LogP contribution in [0.5, 0.6) is 0 Å². The number of carbonyl (C=O) groups excluding carboxylic acids is 1. The van der Waals surface area contributed by atoms with E-state index in [4.69, 9.17) is 0 Å². The summed E-state index contributed by atoms with van der Waals surface area (Å²) in [5, 5.41) is 0. The predicted octanol–water partition coefficient (Wildman–Crippen LogP) is 3.20. The van der Waals surface area contributed by atoms with Gasteiger partial charge in [0.1, 0.15) is 0 Å². The number of amides is 1. The molecule has 1 amide bonds. The average Bonchev–Trinajstić information content (AvgIpc) is 2.69. The molecule has 0 bridgehead atoms. The van der Waals surface area contributed by atoms with Gasteiger partial charge in [0.05, 0.1) is 5.75 Å². The van der Waals surface area contributed by atoms with Crippen molar-refractivity contribution < 1.29 is 13.2 Å². The minimum atomic E-state index is -3.35. The SMILES string of the molecule is Cc1ccc(CN(C)C(=O)C2CCN(S(=O)(=O)Cc3ccccc3)CC2)cc1. The third kappa shape index (κ3) is 5.20. The topological polar surface area (TPSA) is 57.7 Å². The van der Waals surface area contributed by atoms with Gasteiger partial charge in [0.15, 0.2) is 0 Å². The minimum Gasteiger partial charge on any atom is -0.341 e. The molecule has 1 aliphatic rings. The summed E-state index contributed by atoms with van der Waals surface area (Å²) in [6.07, 6.45) is 1.15. The molecular formula is C22H28N2O3S. The standard InChI is InChI=1S/C22H28N2O3S/c1-18-8-10-19(11-9-18)16-23(2)22(25)21-12-14-24(15-13-21)28(26,27)17-20-6-4-3-5-7-20/h3-11,21H,12-17H2,1-2H3. The Kier molecular flexibility index (Phi) is 6.52. The van der Waals surface area contributed by atoms with Crippen LogP contribution in [0.25, 0.3) is 0 Å². The molecule has 0 radical (unpaired) electrons. The van der Waals surface area contributed by atoms with Crippen LogP contribution in [-0.2, 0) is 27.1 Å². The Morgan fingerprint density at radius 1 is 1.00 bits per heavy atom. The van der Waals surface area contributed by atoms with Gasteiger partial charge >= 0.3 is 0 Å². The van der Waals surface area contributed by atoms with Gasteiger partial charge in [-0.15, -0.1) is 0 Å². The predicted molar refractivity (Wildman–Crippen MR) is 111 cm³/mol. The van der Waals surface area contributed by atoms with E-state index < -0.39 is 10.0 Å². The molecule has 0 spiro atoms. The van der Waals surface area contributed by atoms with Gasteiger partial charge in [0.25, 0.3) is 0 Å². The van der Waals surface area contributed by atoms with Crippen LogP contribution in [0, 0.1) is 12.8 Å². The van der Waals surface area contributed by atoms with Crippen LogP contribution in [0.2, 0.25) is 0 Å². The van der Waals surface area contributed by atoms with E-state index in [0.29, 0.717) is 32.5 Å². The van der Waals surface area contributed by atoms with Crippen LogP contribution in [0.4, 0.5) is 0 Å². The molecule has 2 aromatic carbocycles. The second kappa shape index (κ2) is 8.88. The van der Waals surface area contributed by atoms with Crippen molar-refractivity contribution in [3.63, 3.8) is 0 Å². The lowest BCUT2D eigenvalue weighted by Gasteiger charge is -2.32. The highest BCUT2D eigenvalue weighted by Crippen LogP contribution is 2.23.